The number of rotatable bonds is 6. The third-order valence-electron chi connectivity index (χ3n) is 4.65. The summed E-state index contributed by atoms with van der Waals surface area (Å²) in [5.74, 6) is 0.880. The Morgan fingerprint density at radius 1 is 1.29 bits per heavy atom. The molecule has 0 radical (unpaired) electrons. The van der Waals surface area contributed by atoms with Gasteiger partial charge in [-0.1, -0.05) is 0 Å². The lowest BCUT2D eigenvalue weighted by Gasteiger charge is -2.37. The number of nitrogens with zero attached hydrogens (tertiary/aromatic N) is 5. The van der Waals surface area contributed by atoms with Crippen molar-refractivity contribution in [1.82, 2.24) is 30.2 Å². The number of hydrogen-bond acceptors (Lipinski definition) is 4. The van der Waals surface area contributed by atoms with Crippen LogP contribution in [0.5, 0.6) is 0 Å². The normalized spacial score (nSPS) is 20.4. The summed E-state index contributed by atoms with van der Waals surface area (Å²) in [5.41, 5.74) is 2.30. The molecule has 1 aromatic rings. The molecule has 1 saturated heterocycles. The molecule has 0 amide bonds. The number of likely N-dealkylation sites (N-methyl/N-ethyl adjacent to an activating group) is 2. The smallest absolute Gasteiger partial charge is 0.191 e. The fraction of sp³-hybridized carbons (Fsp3) is 0.765. The summed E-state index contributed by atoms with van der Waals surface area (Å²) in [4.78, 5) is 9.13. The van der Waals surface area contributed by atoms with E-state index >= 15 is 0 Å². The van der Waals surface area contributed by atoms with E-state index in [1.54, 1.807) is 0 Å². The predicted octanol–water partition coefficient (Wildman–Crippen LogP) is 0.301. The molecule has 1 fully saturated rings. The second kappa shape index (κ2) is 9.03. The van der Waals surface area contributed by atoms with Crippen LogP contribution in [0, 0.1) is 13.8 Å². The maximum Gasteiger partial charge on any atom is 0.191 e. The lowest BCUT2D eigenvalue weighted by Crippen LogP contribution is -2.55. The average molecular weight is 336 g/mol. The highest BCUT2D eigenvalue weighted by atomic mass is 15.3. The van der Waals surface area contributed by atoms with Crippen LogP contribution in [0.3, 0.4) is 0 Å². The van der Waals surface area contributed by atoms with Gasteiger partial charge in [0.1, 0.15) is 0 Å². The van der Waals surface area contributed by atoms with Crippen LogP contribution in [0.4, 0.5) is 0 Å². The first-order chi connectivity index (χ1) is 11.5. The molecule has 2 heterocycles. The van der Waals surface area contributed by atoms with Gasteiger partial charge >= 0.3 is 0 Å². The van der Waals surface area contributed by atoms with Crippen molar-refractivity contribution in [3.05, 3.63) is 17.5 Å². The summed E-state index contributed by atoms with van der Waals surface area (Å²) in [7, 11) is 6.21. The van der Waals surface area contributed by atoms with E-state index < -0.39 is 0 Å². The Bertz CT molecular complexity index is 537. The third-order valence-corrected chi connectivity index (χ3v) is 4.65. The van der Waals surface area contributed by atoms with Gasteiger partial charge in [-0.15, -0.1) is 0 Å². The first kappa shape index (κ1) is 18.7. The minimum Gasteiger partial charge on any atom is -0.356 e. The molecule has 0 spiro atoms. The molecule has 2 N–H and O–H groups in total. The molecule has 1 aliphatic heterocycles. The molecule has 7 nitrogen and oxygen atoms in total. The van der Waals surface area contributed by atoms with Crippen LogP contribution in [-0.2, 0) is 6.54 Å². The van der Waals surface area contributed by atoms with E-state index in [4.69, 9.17) is 0 Å². The second-order valence-corrected chi connectivity index (χ2v) is 6.78. The summed E-state index contributed by atoms with van der Waals surface area (Å²) >= 11 is 0. The minimum absolute atomic E-state index is 0.525. The van der Waals surface area contributed by atoms with Gasteiger partial charge in [0.2, 0.25) is 0 Å². The zero-order chi connectivity index (χ0) is 17.5. The van der Waals surface area contributed by atoms with Gasteiger partial charge in [-0.2, -0.15) is 5.10 Å². The Balaban J connectivity index is 1.68. The Hall–Kier alpha value is -1.60. The van der Waals surface area contributed by atoms with Crippen LogP contribution in [-0.4, -0.2) is 85.4 Å². The molecule has 0 aliphatic carbocycles. The predicted molar refractivity (Wildman–Crippen MR) is 99.6 cm³/mol. The van der Waals surface area contributed by atoms with E-state index in [0.717, 1.165) is 57.3 Å². The summed E-state index contributed by atoms with van der Waals surface area (Å²) in [6, 6.07) is 2.64. The molecule has 136 valence electrons. The van der Waals surface area contributed by atoms with E-state index in [1.165, 1.54) is 5.69 Å². The van der Waals surface area contributed by atoms with Crippen LogP contribution in [0.15, 0.2) is 11.1 Å². The summed E-state index contributed by atoms with van der Waals surface area (Å²) in [5, 5.41) is 11.3. The maximum absolute atomic E-state index is 4.49. The third kappa shape index (κ3) is 5.49. The van der Waals surface area contributed by atoms with Gasteiger partial charge in [0.15, 0.2) is 5.96 Å². The number of aryl methyl sites for hydroxylation is 3. The lowest BCUT2D eigenvalue weighted by molar-refractivity contribution is 0.116. The molecular weight excluding hydrogens is 302 g/mol. The number of aromatic nitrogens is 2. The van der Waals surface area contributed by atoms with Crippen molar-refractivity contribution in [2.75, 3.05) is 53.9 Å². The second-order valence-electron chi connectivity index (χ2n) is 6.78. The van der Waals surface area contributed by atoms with Crippen molar-refractivity contribution in [1.29, 1.82) is 0 Å². The van der Waals surface area contributed by atoms with E-state index in [0.29, 0.717) is 6.04 Å². The highest BCUT2D eigenvalue weighted by molar-refractivity contribution is 5.79. The molecule has 24 heavy (non-hydrogen) atoms. The molecule has 1 unspecified atom stereocenters. The highest BCUT2D eigenvalue weighted by Crippen LogP contribution is 2.04. The lowest BCUT2D eigenvalue weighted by atomic mass is 10.2. The molecule has 2 rings (SSSR count). The largest absolute Gasteiger partial charge is 0.356 e. The molecule has 0 aromatic carbocycles. The van der Waals surface area contributed by atoms with Crippen molar-refractivity contribution < 1.29 is 0 Å². The first-order valence-electron chi connectivity index (χ1n) is 8.84. The molecule has 1 aromatic heterocycles. The molecular formula is C17H33N7. The topological polar surface area (TPSA) is 60.7 Å². The number of hydrogen-bond donors (Lipinski definition) is 2. The van der Waals surface area contributed by atoms with Gasteiger partial charge in [-0.3, -0.25) is 14.6 Å². The van der Waals surface area contributed by atoms with Crippen LogP contribution in [0.2, 0.25) is 0 Å². The fourth-order valence-corrected chi connectivity index (χ4v) is 3.09. The van der Waals surface area contributed by atoms with Gasteiger partial charge in [0, 0.05) is 58.1 Å². The summed E-state index contributed by atoms with van der Waals surface area (Å²) in [6.07, 6.45) is 1.02. The minimum atomic E-state index is 0.525. The molecule has 1 aliphatic rings. The number of aliphatic imine (C=N–C) groups is 1. The highest BCUT2D eigenvalue weighted by Gasteiger charge is 2.21. The number of piperazine rings is 1. The van der Waals surface area contributed by atoms with Crippen LogP contribution in [0.25, 0.3) is 0 Å². The van der Waals surface area contributed by atoms with Gasteiger partial charge in [-0.25, -0.2) is 0 Å². The molecule has 0 saturated carbocycles. The number of nitrogens with one attached hydrogen (secondary N) is 2. The van der Waals surface area contributed by atoms with Crippen molar-refractivity contribution in [2.45, 2.75) is 32.9 Å². The van der Waals surface area contributed by atoms with Crippen LogP contribution < -0.4 is 10.6 Å². The maximum atomic E-state index is 4.49. The molecule has 1 atom stereocenters. The van der Waals surface area contributed by atoms with Crippen LogP contribution in [0.1, 0.15) is 17.8 Å². The first-order valence-corrected chi connectivity index (χ1v) is 8.84. The zero-order valence-corrected chi connectivity index (χ0v) is 15.8. The van der Waals surface area contributed by atoms with Crippen molar-refractivity contribution in [2.24, 2.45) is 4.99 Å². The Labute approximate surface area is 146 Å². The van der Waals surface area contributed by atoms with Crippen molar-refractivity contribution >= 4 is 5.96 Å². The molecule has 7 heteroatoms. The standard InChI is InChI=1S/C17H33N7/c1-14-11-15(2)24(21-14)8-6-7-19-17(18-3)20-12-16-13-22(4)9-10-23(16)5/h11,16H,6-10,12-13H2,1-5H3,(H2,18,19,20). The van der Waals surface area contributed by atoms with E-state index in [-0.39, 0.29) is 0 Å². The quantitative estimate of drug-likeness (QED) is 0.445. The van der Waals surface area contributed by atoms with Gasteiger partial charge < -0.3 is 15.5 Å². The SMILES string of the molecule is CN=C(NCCCn1nc(C)cc1C)NCC1CN(C)CCN1C. The average Bonchev–Trinajstić information content (AvgIpc) is 2.87. The van der Waals surface area contributed by atoms with Gasteiger partial charge in [-0.05, 0) is 40.4 Å². The van der Waals surface area contributed by atoms with Gasteiger partial charge in [0.05, 0.1) is 5.69 Å². The van der Waals surface area contributed by atoms with Gasteiger partial charge in [0.25, 0.3) is 0 Å². The Morgan fingerprint density at radius 3 is 2.75 bits per heavy atom. The Morgan fingerprint density at radius 2 is 2.08 bits per heavy atom. The van der Waals surface area contributed by atoms with Crippen molar-refractivity contribution in [3.8, 4) is 0 Å². The zero-order valence-electron chi connectivity index (χ0n) is 15.8. The summed E-state index contributed by atoms with van der Waals surface area (Å²) < 4.78 is 2.07. The van der Waals surface area contributed by atoms with Crippen molar-refractivity contribution in [3.63, 3.8) is 0 Å². The Kier molecular flexibility index (Phi) is 7.05. The van der Waals surface area contributed by atoms with Crippen LogP contribution >= 0.6 is 0 Å². The van der Waals surface area contributed by atoms with E-state index in [1.807, 2.05) is 14.0 Å². The van der Waals surface area contributed by atoms with E-state index in [2.05, 4.69) is 62.3 Å². The monoisotopic (exact) mass is 335 g/mol. The molecule has 0 bridgehead atoms. The number of guanidine groups is 1. The summed E-state index contributed by atoms with van der Waals surface area (Å²) in [6.45, 7) is 10.2. The van der Waals surface area contributed by atoms with E-state index in [9.17, 15) is 0 Å². The fourth-order valence-electron chi connectivity index (χ4n) is 3.09.